The predicted octanol–water partition coefficient (Wildman–Crippen LogP) is 3.20. The molecule has 0 saturated carbocycles. The Morgan fingerprint density at radius 2 is 1.16 bits per heavy atom. The second-order valence-corrected chi connectivity index (χ2v) is 10.6. The molecule has 3 aromatic carbocycles. The number of hydrogen-bond donors (Lipinski definition) is 2. The number of anilines is 2. The van der Waals surface area contributed by atoms with Gasteiger partial charge in [-0.1, -0.05) is 36.4 Å². The molecule has 45 heavy (non-hydrogen) atoms. The zero-order valence-electron chi connectivity index (χ0n) is 25.3. The van der Waals surface area contributed by atoms with E-state index in [0.717, 1.165) is 5.56 Å². The van der Waals surface area contributed by atoms with Crippen LogP contribution >= 0.6 is 0 Å². The molecule has 0 radical (unpaired) electrons. The molecule has 1 fully saturated rings. The van der Waals surface area contributed by atoms with E-state index in [1.165, 1.54) is 6.07 Å². The molecule has 1 aliphatic heterocycles. The van der Waals surface area contributed by atoms with Gasteiger partial charge in [0.05, 0.1) is 83.0 Å². The number of nitrogens with one attached hydrogen (secondary N) is 1. The van der Waals surface area contributed by atoms with Gasteiger partial charge in [-0.3, -0.25) is 19.3 Å². The maximum absolute atomic E-state index is 13.2. The molecule has 11 nitrogen and oxygen atoms in total. The van der Waals surface area contributed by atoms with Crippen LogP contribution < -0.4 is 11.1 Å². The smallest absolute Gasteiger partial charge is 0.255 e. The van der Waals surface area contributed by atoms with Gasteiger partial charge in [-0.25, -0.2) is 0 Å². The van der Waals surface area contributed by atoms with E-state index in [1.54, 1.807) is 42.5 Å². The Balaban J connectivity index is 1.19. The first kappa shape index (κ1) is 32.4. The third-order valence-corrected chi connectivity index (χ3v) is 7.60. The Bertz CT molecular complexity index is 1460. The Kier molecular flexibility index (Phi) is 11.8. The molecule has 5 rings (SSSR count). The number of rotatable bonds is 4. The number of nitrogens with two attached hydrogens (primary N) is 1. The van der Waals surface area contributed by atoms with Crippen LogP contribution in [0.1, 0.15) is 47.8 Å². The Morgan fingerprint density at radius 3 is 1.71 bits per heavy atom. The lowest BCUT2D eigenvalue weighted by molar-refractivity contribution is -0.0189. The van der Waals surface area contributed by atoms with E-state index in [9.17, 15) is 14.4 Å². The fourth-order valence-electron chi connectivity index (χ4n) is 5.17. The summed E-state index contributed by atoms with van der Waals surface area (Å²) in [5.41, 5.74) is 9.14. The highest BCUT2D eigenvalue weighted by atomic mass is 16.6. The largest absolute Gasteiger partial charge is 0.396 e. The first-order valence-electron chi connectivity index (χ1n) is 15.1. The number of fused-ring (bicyclic) bond motifs is 2. The topological polar surface area (TPSA) is 139 Å². The number of ketones is 2. The van der Waals surface area contributed by atoms with Crippen LogP contribution in [0, 0.1) is 0 Å². The van der Waals surface area contributed by atoms with Gasteiger partial charge < -0.3 is 34.7 Å². The van der Waals surface area contributed by atoms with Crippen LogP contribution in [-0.4, -0.2) is 102 Å². The first-order valence-corrected chi connectivity index (χ1v) is 15.1. The molecule has 0 spiro atoms. The van der Waals surface area contributed by atoms with Gasteiger partial charge in [0, 0.05) is 41.9 Å². The van der Waals surface area contributed by atoms with Gasteiger partial charge in [0.25, 0.3) is 5.91 Å². The van der Waals surface area contributed by atoms with Gasteiger partial charge in [0.2, 0.25) is 0 Å². The second kappa shape index (κ2) is 16.4. The highest BCUT2D eigenvalue weighted by Gasteiger charge is 2.32. The van der Waals surface area contributed by atoms with Gasteiger partial charge in [0.1, 0.15) is 0 Å². The van der Waals surface area contributed by atoms with Crippen molar-refractivity contribution < 1.29 is 38.1 Å². The molecular formula is C34H39N3O8. The van der Waals surface area contributed by atoms with Crippen LogP contribution in [-0.2, 0) is 30.2 Å². The molecule has 0 aromatic heterocycles. The number of carbonyl (C=O) groups is 3. The Morgan fingerprint density at radius 1 is 0.644 bits per heavy atom. The normalized spacial score (nSPS) is 17.9. The van der Waals surface area contributed by atoms with Crippen molar-refractivity contribution in [3.63, 3.8) is 0 Å². The Labute approximate surface area is 262 Å². The summed E-state index contributed by atoms with van der Waals surface area (Å²) < 4.78 is 28.0. The summed E-state index contributed by atoms with van der Waals surface area (Å²) in [5.74, 6) is -0.982. The highest BCUT2D eigenvalue weighted by molar-refractivity contribution is 6.31. The third-order valence-electron chi connectivity index (χ3n) is 7.60. The van der Waals surface area contributed by atoms with Crippen molar-refractivity contribution in [2.45, 2.75) is 6.54 Å². The molecule has 1 heterocycles. The standard InChI is InChI=1S/C34H39N3O8/c35-31-29(10-9-28-30(31)33(39)27-4-2-1-3-26(27)32(28)38)36-34(40)25-7-5-24(6-8-25)23-37-11-13-41-15-17-43-19-21-45-22-20-44-18-16-42-14-12-37/h1-10H,11-23,35H2,(H,36,40). The number of hydrogen-bond acceptors (Lipinski definition) is 10. The molecule has 3 aromatic rings. The molecule has 0 unspecified atom stereocenters. The van der Waals surface area contributed by atoms with Crippen molar-refractivity contribution in [2.24, 2.45) is 0 Å². The molecular weight excluding hydrogens is 578 g/mol. The average Bonchev–Trinajstić information content (AvgIpc) is 3.05. The van der Waals surface area contributed by atoms with Crippen LogP contribution in [0.15, 0.2) is 60.7 Å². The number of carbonyl (C=O) groups excluding carboxylic acids is 3. The van der Waals surface area contributed by atoms with Crippen molar-refractivity contribution in [3.8, 4) is 0 Å². The van der Waals surface area contributed by atoms with Crippen LogP contribution in [0.2, 0.25) is 0 Å². The minimum absolute atomic E-state index is 0.0702. The zero-order valence-corrected chi connectivity index (χ0v) is 25.3. The minimum atomic E-state index is -0.377. The molecule has 1 saturated heterocycles. The van der Waals surface area contributed by atoms with E-state index in [1.807, 2.05) is 12.1 Å². The Hall–Kier alpha value is -3.97. The van der Waals surface area contributed by atoms with Crippen LogP contribution in [0.3, 0.4) is 0 Å². The summed E-state index contributed by atoms with van der Waals surface area (Å²) in [6, 6.07) is 17.1. The summed E-state index contributed by atoms with van der Waals surface area (Å²) in [6.45, 7) is 7.25. The summed E-state index contributed by atoms with van der Waals surface area (Å²) in [7, 11) is 0. The molecule has 1 amide bonds. The molecule has 0 atom stereocenters. The van der Waals surface area contributed by atoms with Crippen LogP contribution in [0.4, 0.5) is 11.4 Å². The lowest BCUT2D eigenvalue weighted by atomic mass is 9.83. The quantitative estimate of drug-likeness (QED) is 0.328. The lowest BCUT2D eigenvalue weighted by Gasteiger charge is -2.23. The fourth-order valence-corrected chi connectivity index (χ4v) is 5.17. The zero-order chi connectivity index (χ0) is 31.4. The second-order valence-electron chi connectivity index (χ2n) is 10.6. The van der Waals surface area contributed by atoms with Crippen molar-refractivity contribution >= 4 is 28.8 Å². The highest BCUT2D eigenvalue weighted by Crippen LogP contribution is 2.35. The number of amides is 1. The number of nitrogen functional groups attached to an aromatic ring is 1. The van der Waals surface area contributed by atoms with Crippen LogP contribution in [0.25, 0.3) is 0 Å². The van der Waals surface area contributed by atoms with Gasteiger partial charge in [-0.05, 0) is 29.8 Å². The van der Waals surface area contributed by atoms with Crippen molar-refractivity contribution in [2.75, 3.05) is 90.2 Å². The van der Waals surface area contributed by atoms with Crippen molar-refractivity contribution in [1.29, 1.82) is 0 Å². The molecule has 2 aliphatic rings. The fraction of sp³-hybridized carbons (Fsp3) is 0.382. The summed E-state index contributed by atoms with van der Waals surface area (Å²) in [4.78, 5) is 41.5. The monoisotopic (exact) mass is 617 g/mol. The maximum Gasteiger partial charge on any atom is 0.255 e. The van der Waals surface area contributed by atoms with E-state index < -0.39 is 0 Å². The van der Waals surface area contributed by atoms with E-state index >= 15 is 0 Å². The number of benzene rings is 3. The summed E-state index contributed by atoms with van der Waals surface area (Å²) in [5, 5.41) is 2.80. The molecule has 238 valence electrons. The predicted molar refractivity (Wildman–Crippen MR) is 168 cm³/mol. The van der Waals surface area contributed by atoms with Gasteiger partial charge >= 0.3 is 0 Å². The minimum Gasteiger partial charge on any atom is -0.396 e. The lowest BCUT2D eigenvalue weighted by Crippen LogP contribution is -2.31. The molecule has 3 N–H and O–H groups in total. The molecule has 0 bridgehead atoms. The van der Waals surface area contributed by atoms with E-state index in [0.29, 0.717) is 102 Å². The maximum atomic E-state index is 13.2. The molecule has 11 heteroatoms. The van der Waals surface area contributed by atoms with Gasteiger partial charge in [-0.2, -0.15) is 0 Å². The summed E-state index contributed by atoms with van der Waals surface area (Å²) >= 11 is 0. The van der Waals surface area contributed by atoms with E-state index in [4.69, 9.17) is 29.4 Å². The SMILES string of the molecule is Nc1c(NC(=O)c2ccc(CN3CCOCCOCCOCCOCCOCC3)cc2)ccc2c1C(=O)c1ccccc1C2=O. The van der Waals surface area contributed by atoms with Crippen molar-refractivity contribution in [1.82, 2.24) is 4.90 Å². The van der Waals surface area contributed by atoms with Crippen molar-refractivity contribution in [3.05, 3.63) is 94.0 Å². The average molecular weight is 618 g/mol. The summed E-state index contributed by atoms with van der Waals surface area (Å²) in [6.07, 6.45) is 0. The van der Waals surface area contributed by atoms with Crippen LogP contribution in [0.5, 0.6) is 0 Å². The van der Waals surface area contributed by atoms with E-state index in [2.05, 4.69) is 10.2 Å². The van der Waals surface area contributed by atoms with Gasteiger partial charge in [-0.15, -0.1) is 0 Å². The number of ether oxygens (including phenoxy) is 5. The third kappa shape index (κ3) is 8.60. The number of nitrogens with zero attached hydrogens (tertiary/aromatic N) is 1. The van der Waals surface area contributed by atoms with E-state index in [-0.39, 0.29) is 40.0 Å². The molecule has 1 aliphatic carbocycles. The van der Waals surface area contributed by atoms with Gasteiger partial charge in [0.15, 0.2) is 11.6 Å². The first-order chi connectivity index (χ1) is 22.0.